The molecule has 0 atom stereocenters. The first-order valence-electron chi connectivity index (χ1n) is 10.1. The van der Waals surface area contributed by atoms with Gasteiger partial charge in [0.15, 0.2) is 11.5 Å². The summed E-state index contributed by atoms with van der Waals surface area (Å²) in [6.07, 6.45) is 7.68. The van der Waals surface area contributed by atoms with E-state index in [1.165, 1.54) is 19.3 Å². The van der Waals surface area contributed by atoms with E-state index in [-0.39, 0.29) is 12.5 Å². The third-order valence-corrected chi connectivity index (χ3v) is 4.98. The van der Waals surface area contributed by atoms with Crippen LogP contribution in [0.3, 0.4) is 0 Å². The van der Waals surface area contributed by atoms with E-state index in [0.717, 1.165) is 24.0 Å². The van der Waals surface area contributed by atoms with Crippen molar-refractivity contribution < 1.29 is 14.3 Å². The maximum absolute atomic E-state index is 11.9. The van der Waals surface area contributed by atoms with Gasteiger partial charge in [0.05, 0.1) is 19.9 Å². The number of ether oxygens (including phenoxy) is 2. The molecular formula is C23H29N3O3. The summed E-state index contributed by atoms with van der Waals surface area (Å²) in [6, 6.07) is 16.0. The van der Waals surface area contributed by atoms with E-state index in [9.17, 15) is 4.79 Å². The van der Waals surface area contributed by atoms with Crippen LogP contribution in [-0.2, 0) is 11.4 Å². The number of hydrogen-bond donors (Lipinski definition) is 2. The van der Waals surface area contributed by atoms with Crippen LogP contribution in [0.15, 0.2) is 53.6 Å². The van der Waals surface area contributed by atoms with Crippen molar-refractivity contribution in [1.29, 1.82) is 0 Å². The second-order valence-electron chi connectivity index (χ2n) is 7.19. The molecular weight excluding hydrogens is 366 g/mol. The van der Waals surface area contributed by atoms with E-state index in [4.69, 9.17) is 9.47 Å². The normalized spacial score (nSPS) is 14.7. The summed E-state index contributed by atoms with van der Waals surface area (Å²) in [4.78, 5) is 11.9. The minimum atomic E-state index is -0.137. The number of benzene rings is 2. The van der Waals surface area contributed by atoms with Crippen molar-refractivity contribution in [3.63, 3.8) is 0 Å². The Morgan fingerprint density at radius 3 is 2.66 bits per heavy atom. The minimum absolute atomic E-state index is 0.137. The molecule has 0 saturated heterocycles. The van der Waals surface area contributed by atoms with E-state index in [0.29, 0.717) is 24.1 Å². The van der Waals surface area contributed by atoms with Gasteiger partial charge >= 0.3 is 0 Å². The first-order chi connectivity index (χ1) is 14.2. The zero-order valence-corrected chi connectivity index (χ0v) is 16.9. The molecule has 0 aliphatic heterocycles. The molecule has 1 aliphatic rings. The average molecular weight is 396 g/mol. The van der Waals surface area contributed by atoms with Gasteiger partial charge in [-0.1, -0.05) is 49.6 Å². The summed E-state index contributed by atoms with van der Waals surface area (Å²) in [7, 11) is 1.60. The highest BCUT2D eigenvalue weighted by molar-refractivity contribution is 5.83. The number of carbonyl (C=O) groups excluding carboxylic acids is 1. The quantitative estimate of drug-likeness (QED) is 0.502. The number of nitrogens with zero attached hydrogens (tertiary/aromatic N) is 1. The number of nitrogens with one attached hydrogen (secondary N) is 2. The van der Waals surface area contributed by atoms with Crippen LogP contribution in [0.4, 0.5) is 0 Å². The predicted molar refractivity (Wildman–Crippen MR) is 114 cm³/mol. The summed E-state index contributed by atoms with van der Waals surface area (Å²) in [5, 5.41) is 7.34. The molecule has 2 N–H and O–H groups in total. The van der Waals surface area contributed by atoms with Crippen LogP contribution in [0, 0.1) is 0 Å². The third-order valence-electron chi connectivity index (χ3n) is 4.98. The molecule has 0 bridgehead atoms. The molecule has 29 heavy (non-hydrogen) atoms. The van der Waals surface area contributed by atoms with Gasteiger partial charge in [-0.15, -0.1) is 0 Å². The molecule has 1 amide bonds. The summed E-state index contributed by atoms with van der Waals surface area (Å²) < 4.78 is 11.3. The number of rotatable bonds is 9. The van der Waals surface area contributed by atoms with Gasteiger partial charge < -0.3 is 14.8 Å². The van der Waals surface area contributed by atoms with Crippen molar-refractivity contribution >= 4 is 12.1 Å². The molecule has 1 fully saturated rings. The van der Waals surface area contributed by atoms with Gasteiger partial charge in [-0.3, -0.25) is 4.79 Å². The molecule has 6 heteroatoms. The van der Waals surface area contributed by atoms with Crippen LogP contribution in [0.25, 0.3) is 0 Å². The molecule has 154 valence electrons. The molecule has 0 heterocycles. The van der Waals surface area contributed by atoms with Crippen LogP contribution in [0.2, 0.25) is 0 Å². The lowest BCUT2D eigenvalue weighted by Crippen LogP contribution is -2.38. The largest absolute Gasteiger partial charge is 0.493 e. The molecule has 3 rings (SSSR count). The lowest BCUT2D eigenvalue weighted by atomic mass is 9.95. The summed E-state index contributed by atoms with van der Waals surface area (Å²) in [5.41, 5.74) is 4.47. The van der Waals surface area contributed by atoms with Gasteiger partial charge in [-0.05, 0) is 42.2 Å². The number of hydrazone groups is 1. The maximum Gasteiger partial charge on any atom is 0.254 e. The van der Waals surface area contributed by atoms with Crippen molar-refractivity contribution in [3.8, 4) is 11.5 Å². The van der Waals surface area contributed by atoms with Crippen LogP contribution in [0.1, 0.15) is 43.2 Å². The van der Waals surface area contributed by atoms with Crippen LogP contribution >= 0.6 is 0 Å². The Bertz CT molecular complexity index is 802. The molecule has 2 aromatic rings. The Hall–Kier alpha value is -2.86. The molecule has 6 nitrogen and oxygen atoms in total. The zero-order chi connectivity index (χ0) is 20.3. The van der Waals surface area contributed by atoms with Gasteiger partial charge in [0.25, 0.3) is 5.91 Å². The number of hydrogen-bond acceptors (Lipinski definition) is 5. The lowest BCUT2D eigenvalue weighted by molar-refractivity contribution is -0.120. The fraction of sp³-hybridized carbons (Fsp3) is 0.391. The zero-order valence-electron chi connectivity index (χ0n) is 16.9. The smallest absolute Gasteiger partial charge is 0.254 e. The van der Waals surface area contributed by atoms with Crippen LogP contribution in [0.5, 0.6) is 11.5 Å². The highest BCUT2D eigenvalue weighted by Crippen LogP contribution is 2.28. The Balaban J connectivity index is 1.47. The highest BCUT2D eigenvalue weighted by Gasteiger charge is 2.13. The third kappa shape index (κ3) is 6.91. The van der Waals surface area contributed by atoms with E-state index < -0.39 is 0 Å². The number of amides is 1. The van der Waals surface area contributed by atoms with Crippen molar-refractivity contribution in [2.24, 2.45) is 5.10 Å². The Labute approximate surface area is 172 Å². The van der Waals surface area contributed by atoms with Gasteiger partial charge in [0.2, 0.25) is 0 Å². The van der Waals surface area contributed by atoms with E-state index in [1.807, 2.05) is 48.5 Å². The highest BCUT2D eigenvalue weighted by atomic mass is 16.5. The van der Waals surface area contributed by atoms with E-state index >= 15 is 0 Å². The molecule has 1 saturated carbocycles. The Kier molecular flexibility index (Phi) is 8.07. The van der Waals surface area contributed by atoms with Crippen molar-refractivity contribution in [2.45, 2.75) is 44.8 Å². The average Bonchev–Trinajstić information content (AvgIpc) is 2.78. The SMILES string of the molecule is COc1cc(/C=N\NC(=O)CNC2CCCCC2)ccc1OCc1ccccc1. The Morgan fingerprint density at radius 1 is 1.10 bits per heavy atom. The van der Waals surface area contributed by atoms with Crippen molar-refractivity contribution in [2.75, 3.05) is 13.7 Å². The van der Waals surface area contributed by atoms with Gasteiger partial charge in [-0.25, -0.2) is 5.43 Å². The Morgan fingerprint density at radius 2 is 1.90 bits per heavy atom. The predicted octanol–water partition coefficient (Wildman–Crippen LogP) is 3.65. The second kappa shape index (κ2) is 11.2. The van der Waals surface area contributed by atoms with Gasteiger partial charge in [0, 0.05) is 6.04 Å². The first kappa shape index (κ1) is 20.9. The molecule has 0 radical (unpaired) electrons. The molecule has 2 aromatic carbocycles. The first-order valence-corrected chi connectivity index (χ1v) is 10.1. The standard InChI is InChI=1S/C23H29N3O3/c1-28-22-14-19(12-13-21(22)29-17-18-8-4-2-5-9-18)15-25-26-23(27)16-24-20-10-6-3-7-11-20/h2,4-5,8-9,12-15,20,24H,3,6-7,10-11,16-17H2,1H3,(H,26,27)/b25-15-. The molecule has 1 aliphatic carbocycles. The molecule has 0 spiro atoms. The fourth-order valence-corrected chi connectivity index (χ4v) is 3.38. The lowest BCUT2D eigenvalue weighted by Gasteiger charge is -2.22. The second-order valence-corrected chi connectivity index (χ2v) is 7.19. The van der Waals surface area contributed by atoms with Crippen molar-refractivity contribution in [3.05, 3.63) is 59.7 Å². The van der Waals surface area contributed by atoms with Crippen LogP contribution in [-0.4, -0.2) is 31.8 Å². The summed E-state index contributed by atoms with van der Waals surface area (Å²) in [6.45, 7) is 0.756. The molecule has 0 unspecified atom stereocenters. The monoisotopic (exact) mass is 395 g/mol. The molecule has 0 aromatic heterocycles. The van der Waals surface area contributed by atoms with E-state index in [1.54, 1.807) is 13.3 Å². The summed E-state index contributed by atoms with van der Waals surface area (Å²) in [5.74, 6) is 1.14. The van der Waals surface area contributed by atoms with E-state index in [2.05, 4.69) is 15.8 Å². The van der Waals surface area contributed by atoms with Gasteiger partial charge in [0.1, 0.15) is 6.61 Å². The number of methoxy groups -OCH3 is 1. The van der Waals surface area contributed by atoms with Gasteiger partial charge in [-0.2, -0.15) is 5.10 Å². The minimum Gasteiger partial charge on any atom is -0.493 e. The maximum atomic E-state index is 11.9. The topological polar surface area (TPSA) is 72.0 Å². The van der Waals surface area contributed by atoms with Crippen molar-refractivity contribution in [1.82, 2.24) is 10.7 Å². The van der Waals surface area contributed by atoms with Crippen LogP contribution < -0.4 is 20.2 Å². The number of carbonyl (C=O) groups is 1. The fourth-order valence-electron chi connectivity index (χ4n) is 3.38. The summed E-state index contributed by atoms with van der Waals surface area (Å²) >= 11 is 0.